The molecule has 210 valence electrons. The van der Waals surface area contributed by atoms with Crippen LogP contribution in [0, 0.1) is 23.6 Å². The van der Waals surface area contributed by atoms with Gasteiger partial charge in [0.25, 0.3) is 0 Å². The summed E-state index contributed by atoms with van der Waals surface area (Å²) >= 11 is 0. The number of anilines is 1. The fourth-order valence-corrected chi connectivity index (χ4v) is 8.49. The van der Waals surface area contributed by atoms with Crippen LogP contribution < -0.4 is 9.62 Å². The van der Waals surface area contributed by atoms with E-state index in [0.29, 0.717) is 11.3 Å². The SMILES string of the molecule is CNC(=O)[C@@H](C)N(Cc1ccc(F)cc1)C(=O)CN(c1ccc(C23CC4CC(CC(C4)C2)C3)cc1)S(C)(=O)=O. The highest BCUT2D eigenvalue weighted by Crippen LogP contribution is 2.60. The van der Waals surface area contributed by atoms with E-state index in [1.54, 1.807) is 19.1 Å². The Morgan fingerprint density at radius 2 is 1.51 bits per heavy atom. The van der Waals surface area contributed by atoms with Crippen molar-refractivity contribution in [3.05, 3.63) is 65.5 Å². The van der Waals surface area contributed by atoms with Crippen LogP contribution in [-0.4, -0.2) is 51.0 Å². The van der Waals surface area contributed by atoms with Crippen LogP contribution in [0.15, 0.2) is 48.5 Å². The van der Waals surface area contributed by atoms with Crippen LogP contribution >= 0.6 is 0 Å². The van der Waals surface area contributed by atoms with Crippen molar-refractivity contribution >= 4 is 27.5 Å². The number of likely N-dealkylation sites (N-methyl/N-ethyl adjacent to an activating group) is 1. The summed E-state index contributed by atoms with van der Waals surface area (Å²) in [6.45, 7) is 1.18. The van der Waals surface area contributed by atoms with Crippen molar-refractivity contribution < 1.29 is 22.4 Å². The lowest BCUT2D eigenvalue weighted by molar-refractivity contribution is -0.139. The Balaban J connectivity index is 1.38. The number of halogens is 1. The molecule has 0 spiro atoms. The highest BCUT2D eigenvalue weighted by Gasteiger charge is 2.51. The molecule has 2 aromatic rings. The second-order valence-electron chi connectivity index (χ2n) is 12.0. The fraction of sp³-hybridized carbons (Fsp3) is 0.533. The first-order chi connectivity index (χ1) is 18.5. The summed E-state index contributed by atoms with van der Waals surface area (Å²) < 4.78 is 40.3. The monoisotopic (exact) mass is 555 g/mol. The smallest absolute Gasteiger partial charge is 0.244 e. The minimum absolute atomic E-state index is 0.0380. The Hall–Kier alpha value is -2.94. The second kappa shape index (κ2) is 10.6. The van der Waals surface area contributed by atoms with E-state index in [2.05, 4.69) is 17.4 Å². The predicted octanol–water partition coefficient (Wildman–Crippen LogP) is 4.22. The van der Waals surface area contributed by atoms with Crippen molar-refractivity contribution in [3.8, 4) is 0 Å². The second-order valence-corrected chi connectivity index (χ2v) is 13.9. The summed E-state index contributed by atoms with van der Waals surface area (Å²) in [6.07, 6.45) is 8.77. The maximum absolute atomic E-state index is 13.6. The first-order valence-electron chi connectivity index (χ1n) is 13.8. The van der Waals surface area contributed by atoms with Gasteiger partial charge in [0.2, 0.25) is 21.8 Å². The normalized spacial score (nSPS) is 26.2. The van der Waals surface area contributed by atoms with Crippen LogP contribution in [0.3, 0.4) is 0 Å². The largest absolute Gasteiger partial charge is 0.357 e. The minimum Gasteiger partial charge on any atom is -0.357 e. The molecule has 4 saturated carbocycles. The van der Waals surface area contributed by atoms with Gasteiger partial charge in [-0.1, -0.05) is 24.3 Å². The van der Waals surface area contributed by atoms with Gasteiger partial charge < -0.3 is 10.2 Å². The summed E-state index contributed by atoms with van der Waals surface area (Å²) in [5.74, 6) is 1.10. The topological polar surface area (TPSA) is 86.8 Å². The summed E-state index contributed by atoms with van der Waals surface area (Å²) in [5, 5.41) is 2.55. The maximum Gasteiger partial charge on any atom is 0.244 e. The Morgan fingerprint density at radius 1 is 0.974 bits per heavy atom. The van der Waals surface area contributed by atoms with Gasteiger partial charge in [-0.2, -0.15) is 0 Å². The predicted molar refractivity (Wildman–Crippen MR) is 149 cm³/mol. The van der Waals surface area contributed by atoms with Gasteiger partial charge in [0.05, 0.1) is 11.9 Å². The molecule has 4 aliphatic rings. The van der Waals surface area contributed by atoms with Gasteiger partial charge in [-0.15, -0.1) is 0 Å². The quantitative estimate of drug-likeness (QED) is 0.502. The molecule has 4 fully saturated rings. The van der Waals surface area contributed by atoms with E-state index in [1.807, 2.05) is 12.1 Å². The Morgan fingerprint density at radius 3 is 2.00 bits per heavy atom. The van der Waals surface area contributed by atoms with Gasteiger partial charge in [-0.05, 0) is 104 Å². The standard InChI is InChI=1S/C30H38FN3O4S/c1-20(29(36)32-2)33(18-21-4-8-26(31)9-5-21)28(35)19-34(39(3,37)38)27-10-6-25(7-11-27)30-15-22-12-23(16-30)14-24(13-22)17-30/h4-11,20,22-24H,12-19H2,1-3H3,(H,32,36)/t20-,22?,23?,24?,30?/m1/s1. The number of hydrogen-bond acceptors (Lipinski definition) is 4. The molecule has 2 aromatic carbocycles. The third kappa shape index (κ3) is 5.69. The van der Waals surface area contributed by atoms with Crippen molar-refractivity contribution in [1.82, 2.24) is 10.2 Å². The van der Waals surface area contributed by atoms with E-state index in [4.69, 9.17) is 0 Å². The van der Waals surface area contributed by atoms with Crippen molar-refractivity contribution in [2.75, 3.05) is 24.2 Å². The van der Waals surface area contributed by atoms with Gasteiger partial charge in [0.15, 0.2) is 0 Å². The molecular weight excluding hydrogens is 517 g/mol. The zero-order chi connectivity index (χ0) is 27.9. The van der Waals surface area contributed by atoms with Crippen molar-refractivity contribution in [2.45, 2.75) is 63.5 Å². The molecule has 0 unspecified atom stereocenters. The van der Waals surface area contributed by atoms with E-state index < -0.39 is 34.3 Å². The fourth-order valence-electron chi connectivity index (χ4n) is 7.64. The summed E-state index contributed by atoms with van der Waals surface area (Å²) in [7, 11) is -2.32. The van der Waals surface area contributed by atoms with Gasteiger partial charge in [0.1, 0.15) is 18.4 Å². The van der Waals surface area contributed by atoms with E-state index in [9.17, 15) is 22.4 Å². The number of benzene rings is 2. The van der Waals surface area contributed by atoms with E-state index in [1.165, 1.54) is 68.2 Å². The molecule has 4 bridgehead atoms. The number of rotatable bonds is 9. The number of nitrogens with one attached hydrogen (secondary N) is 1. The lowest BCUT2D eigenvalue weighted by atomic mass is 9.48. The molecule has 9 heteroatoms. The molecule has 0 saturated heterocycles. The van der Waals surface area contributed by atoms with Crippen LogP contribution in [0.25, 0.3) is 0 Å². The number of nitrogens with zero attached hydrogens (tertiary/aromatic N) is 2. The van der Waals surface area contributed by atoms with Gasteiger partial charge >= 0.3 is 0 Å². The van der Waals surface area contributed by atoms with Crippen LogP contribution in [0.2, 0.25) is 0 Å². The Bertz CT molecular complexity index is 1290. The molecule has 0 radical (unpaired) electrons. The number of sulfonamides is 1. The van der Waals surface area contributed by atoms with Crippen LogP contribution in [0.4, 0.5) is 10.1 Å². The summed E-state index contributed by atoms with van der Waals surface area (Å²) in [4.78, 5) is 27.4. The van der Waals surface area contributed by atoms with E-state index >= 15 is 0 Å². The van der Waals surface area contributed by atoms with Crippen LogP contribution in [0.1, 0.15) is 56.6 Å². The lowest BCUT2D eigenvalue weighted by Crippen LogP contribution is -2.50. The number of carbonyl (C=O) groups excluding carboxylic acids is 2. The lowest BCUT2D eigenvalue weighted by Gasteiger charge is -2.57. The van der Waals surface area contributed by atoms with E-state index in [-0.39, 0.29) is 17.9 Å². The van der Waals surface area contributed by atoms with Crippen LogP contribution in [0.5, 0.6) is 0 Å². The average Bonchev–Trinajstić information content (AvgIpc) is 2.89. The van der Waals surface area contributed by atoms with Crippen molar-refractivity contribution in [3.63, 3.8) is 0 Å². The molecular formula is C30H38FN3O4S. The maximum atomic E-state index is 13.6. The molecule has 7 nitrogen and oxygen atoms in total. The molecule has 0 aliphatic heterocycles. The first kappa shape index (κ1) is 27.6. The molecule has 0 heterocycles. The van der Waals surface area contributed by atoms with Gasteiger partial charge in [0, 0.05) is 13.6 Å². The summed E-state index contributed by atoms with van der Waals surface area (Å²) in [6, 6.07) is 12.5. The average molecular weight is 556 g/mol. The third-order valence-electron chi connectivity index (χ3n) is 9.16. The van der Waals surface area contributed by atoms with E-state index in [0.717, 1.165) is 28.3 Å². The Labute approximate surface area is 230 Å². The first-order valence-corrected chi connectivity index (χ1v) is 15.7. The minimum atomic E-state index is -3.80. The highest BCUT2D eigenvalue weighted by molar-refractivity contribution is 7.92. The molecule has 6 rings (SSSR count). The molecule has 2 amide bonds. The number of carbonyl (C=O) groups is 2. The number of hydrogen-bond donors (Lipinski definition) is 1. The zero-order valence-corrected chi connectivity index (χ0v) is 23.7. The third-order valence-corrected chi connectivity index (χ3v) is 10.3. The highest BCUT2D eigenvalue weighted by atomic mass is 32.2. The van der Waals surface area contributed by atoms with Crippen LogP contribution in [-0.2, 0) is 31.6 Å². The van der Waals surface area contributed by atoms with Crippen molar-refractivity contribution in [2.24, 2.45) is 17.8 Å². The molecule has 4 aliphatic carbocycles. The number of amides is 2. The molecule has 39 heavy (non-hydrogen) atoms. The van der Waals surface area contributed by atoms with Crippen molar-refractivity contribution in [1.29, 1.82) is 0 Å². The molecule has 1 atom stereocenters. The summed E-state index contributed by atoms with van der Waals surface area (Å²) in [5.41, 5.74) is 2.52. The van der Waals surface area contributed by atoms with Gasteiger partial charge in [-0.25, -0.2) is 12.8 Å². The molecule has 1 N–H and O–H groups in total. The zero-order valence-electron chi connectivity index (χ0n) is 22.9. The molecule has 0 aromatic heterocycles. The Kier molecular flexibility index (Phi) is 7.48. The van der Waals surface area contributed by atoms with Gasteiger partial charge in [-0.3, -0.25) is 13.9 Å².